The summed E-state index contributed by atoms with van der Waals surface area (Å²) in [6.07, 6.45) is 6.15. The van der Waals surface area contributed by atoms with E-state index in [2.05, 4.69) is 91.9 Å². The number of rotatable bonds is 3. The lowest BCUT2D eigenvalue weighted by molar-refractivity contribution is 0.557. The fourth-order valence-corrected chi connectivity index (χ4v) is 4.90. The lowest BCUT2D eigenvalue weighted by Crippen LogP contribution is -1.95. The van der Waals surface area contributed by atoms with E-state index in [-0.39, 0.29) is 0 Å². The van der Waals surface area contributed by atoms with Crippen LogP contribution in [0.1, 0.15) is 29.4 Å². The highest BCUT2D eigenvalue weighted by molar-refractivity contribution is 6.04. The minimum Gasteiger partial charge on any atom is -0.463 e. The second-order valence-corrected chi connectivity index (χ2v) is 8.05. The van der Waals surface area contributed by atoms with Crippen LogP contribution in [-0.2, 0) is 12.8 Å². The Kier molecular flexibility index (Phi) is 3.89. The van der Waals surface area contributed by atoms with Gasteiger partial charge in [0.05, 0.1) is 6.26 Å². The molecule has 0 N–H and O–H groups in total. The molecule has 4 aromatic carbocycles. The third-order valence-corrected chi connectivity index (χ3v) is 6.36. The fourth-order valence-electron chi connectivity index (χ4n) is 4.90. The minimum atomic E-state index is 0.911. The van der Waals surface area contributed by atoms with Gasteiger partial charge in [0.2, 0.25) is 0 Å². The number of aryl methyl sites for hydroxylation is 1. The predicted molar refractivity (Wildman–Crippen MR) is 127 cm³/mol. The molecule has 0 amide bonds. The van der Waals surface area contributed by atoms with E-state index >= 15 is 0 Å². The molecule has 0 unspecified atom stereocenters. The van der Waals surface area contributed by atoms with Crippen molar-refractivity contribution in [2.75, 3.05) is 0 Å². The Labute approximate surface area is 176 Å². The molecule has 0 bridgehead atoms. The molecular weight excluding hydrogens is 364 g/mol. The van der Waals surface area contributed by atoms with Crippen molar-refractivity contribution in [3.63, 3.8) is 0 Å². The molecule has 0 fully saturated rings. The molecule has 1 heterocycles. The molecule has 0 atom stereocenters. The van der Waals surface area contributed by atoms with Gasteiger partial charge in [-0.2, -0.15) is 0 Å². The van der Waals surface area contributed by atoms with E-state index in [9.17, 15) is 0 Å². The van der Waals surface area contributed by atoms with Crippen molar-refractivity contribution < 1.29 is 4.42 Å². The van der Waals surface area contributed by atoms with Crippen LogP contribution in [0.15, 0.2) is 89.5 Å². The van der Waals surface area contributed by atoms with E-state index in [0.717, 1.165) is 24.0 Å². The molecule has 0 radical (unpaired) electrons. The maximum atomic E-state index is 6.03. The summed E-state index contributed by atoms with van der Waals surface area (Å²) >= 11 is 0. The van der Waals surface area contributed by atoms with Gasteiger partial charge >= 0.3 is 0 Å². The molecule has 5 aromatic rings. The second-order valence-electron chi connectivity index (χ2n) is 8.05. The zero-order valence-electron chi connectivity index (χ0n) is 17.0. The Morgan fingerprint density at radius 1 is 0.767 bits per heavy atom. The standard InChI is InChI=1S/C29H22O/c1-2-19-14-15-21-16-23(29-25-12-6-4-9-22(25)18-30-29)17-27(21)28(19)26-13-7-10-20-8-3-5-11-24(20)26/h3-15,17-18H,2,16H2,1H3. The first-order valence-corrected chi connectivity index (χ1v) is 10.6. The molecule has 1 heteroatoms. The molecule has 0 aliphatic heterocycles. The summed E-state index contributed by atoms with van der Waals surface area (Å²) in [7, 11) is 0. The SMILES string of the molecule is CCc1ccc2c(c1-c1cccc3ccccc13)C=C(c1occ3ccccc13)C2. The van der Waals surface area contributed by atoms with Gasteiger partial charge < -0.3 is 4.42 Å². The average molecular weight is 386 g/mol. The van der Waals surface area contributed by atoms with Crippen LogP contribution in [0.4, 0.5) is 0 Å². The quantitative estimate of drug-likeness (QED) is 0.307. The Morgan fingerprint density at radius 3 is 2.40 bits per heavy atom. The molecule has 0 spiro atoms. The van der Waals surface area contributed by atoms with Crippen LogP contribution in [-0.4, -0.2) is 0 Å². The van der Waals surface area contributed by atoms with Gasteiger partial charge in [0.15, 0.2) is 0 Å². The summed E-state index contributed by atoms with van der Waals surface area (Å²) < 4.78 is 6.03. The van der Waals surface area contributed by atoms with Crippen LogP contribution in [0.5, 0.6) is 0 Å². The third-order valence-electron chi connectivity index (χ3n) is 6.36. The van der Waals surface area contributed by atoms with Gasteiger partial charge in [-0.15, -0.1) is 0 Å². The van der Waals surface area contributed by atoms with Crippen molar-refractivity contribution in [2.24, 2.45) is 0 Å². The highest BCUT2D eigenvalue weighted by atomic mass is 16.3. The summed E-state index contributed by atoms with van der Waals surface area (Å²) in [5.41, 5.74) is 8.08. The van der Waals surface area contributed by atoms with Crippen molar-refractivity contribution in [2.45, 2.75) is 19.8 Å². The van der Waals surface area contributed by atoms with Gasteiger partial charge in [-0.3, -0.25) is 0 Å². The maximum Gasteiger partial charge on any atom is 0.138 e. The largest absolute Gasteiger partial charge is 0.463 e. The van der Waals surface area contributed by atoms with Gasteiger partial charge in [-0.05, 0) is 51.1 Å². The summed E-state index contributed by atoms with van der Waals surface area (Å²) in [5, 5.41) is 4.95. The number of hydrogen-bond acceptors (Lipinski definition) is 1. The Balaban J connectivity index is 1.60. The molecule has 6 rings (SSSR count). The Hall–Kier alpha value is -3.58. The monoisotopic (exact) mass is 386 g/mol. The molecule has 0 saturated carbocycles. The van der Waals surface area contributed by atoms with Crippen molar-refractivity contribution >= 4 is 33.2 Å². The topological polar surface area (TPSA) is 13.1 Å². The lowest BCUT2D eigenvalue weighted by atomic mass is 9.88. The minimum absolute atomic E-state index is 0.911. The average Bonchev–Trinajstić information content (AvgIpc) is 3.42. The number of fused-ring (bicyclic) bond motifs is 3. The van der Waals surface area contributed by atoms with E-state index < -0.39 is 0 Å². The first kappa shape index (κ1) is 17.3. The molecule has 1 nitrogen and oxygen atoms in total. The predicted octanol–water partition coefficient (Wildman–Crippen LogP) is 7.91. The molecule has 0 saturated heterocycles. The van der Waals surface area contributed by atoms with Crippen molar-refractivity contribution in [3.8, 4) is 11.1 Å². The molecule has 1 aliphatic rings. The molecular formula is C29H22O. The van der Waals surface area contributed by atoms with Gasteiger partial charge in [0.25, 0.3) is 0 Å². The highest BCUT2D eigenvalue weighted by Gasteiger charge is 2.23. The second kappa shape index (κ2) is 6.74. The number of allylic oxidation sites excluding steroid dienone is 1. The van der Waals surface area contributed by atoms with Crippen molar-refractivity contribution in [1.29, 1.82) is 0 Å². The zero-order chi connectivity index (χ0) is 20.1. The van der Waals surface area contributed by atoms with E-state index in [1.165, 1.54) is 49.5 Å². The van der Waals surface area contributed by atoms with Crippen molar-refractivity contribution in [3.05, 3.63) is 108 Å². The van der Waals surface area contributed by atoms with Crippen LogP contribution in [0.3, 0.4) is 0 Å². The molecule has 1 aliphatic carbocycles. The van der Waals surface area contributed by atoms with E-state index in [1.54, 1.807) is 0 Å². The Morgan fingerprint density at radius 2 is 1.53 bits per heavy atom. The Bertz CT molecular complexity index is 1440. The van der Waals surface area contributed by atoms with Crippen LogP contribution < -0.4 is 0 Å². The summed E-state index contributed by atoms with van der Waals surface area (Å²) in [6, 6.07) is 28.4. The van der Waals surface area contributed by atoms with Crippen molar-refractivity contribution in [1.82, 2.24) is 0 Å². The summed E-state index contributed by atoms with van der Waals surface area (Å²) in [4.78, 5) is 0. The number of furan rings is 1. The summed E-state index contributed by atoms with van der Waals surface area (Å²) in [6.45, 7) is 2.25. The van der Waals surface area contributed by atoms with Crippen LogP contribution in [0.25, 0.3) is 44.3 Å². The number of hydrogen-bond donors (Lipinski definition) is 0. The lowest BCUT2D eigenvalue weighted by Gasteiger charge is -2.15. The van der Waals surface area contributed by atoms with Gasteiger partial charge in [0, 0.05) is 22.8 Å². The first-order chi connectivity index (χ1) is 14.8. The van der Waals surface area contributed by atoms with Crippen LogP contribution in [0, 0.1) is 0 Å². The van der Waals surface area contributed by atoms with Crippen LogP contribution >= 0.6 is 0 Å². The number of benzene rings is 4. The van der Waals surface area contributed by atoms with E-state index in [0.29, 0.717) is 0 Å². The smallest absolute Gasteiger partial charge is 0.138 e. The van der Waals surface area contributed by atoms with Crippen LogP contribution in [0.2, 0.25) is 0 Å². The molecule has 144 valence electrons. The van der Waals surface area contributed by atoms with E-state index in [4.69, 9.17) is 4.42 Å². The van der Waals surface area contributed by atoms with Gasteiger partial charge in [-0.25, -0.2) is 0 Å². The first-order valence-electron chi connectivity index (χ1n) is 10.6. The molecule has 1 aromatic heterocycles. The normalized spacial score (nSPS) is 13.0. The highest BCUT2D eigenvalue weighted by Crippen LogP contribution is 2.43. The summed E-state index contributed by atoms with van der Waals surface area (Å²) in [5.74, 6) is 1.00. The third kappa shape index (κ3) is 2.55. The fraction of sp³-hybridized carbons (Fsp3) is 0.103. The van der Waals surface area contributed by atoms with E-state index in [1.807, 2.05) is 6.26 Å². The maximum absolute atomic E-state index is 6.03. The zero-order valence-corrected chi connectivity index (χ0v) is 17.0. The van der Waals surface area contributed by atoms with Gasteiger partial charge in [0.1, 0.15) is 5.76 Å². The van der Waals surface area contributed by atoms with Gasteiger partial charge in [-0.1, -0.05) is 85.8 Å². The molecule has 30 heavy (non-hydrogen) atoms.